The van der Waals surface area contributed by atoms with Crippen LogP contribution in [-0.2, 0) is 14.4 Å². The van der Waals surface area contributed by atoms with Crippen molar-refractivity contribution in [2.24, 2.45) is 17.6 Å². The molecular formula is C29H38N4O8. The van der Waals surface area contributed by atoms with Crippen molar-refractivity contribution < 1.29 is 39.9 Å². The number of carbonyl (C=O) groups excluding carboxylic acids is 3. The van der Waals surface area contributed by atoms with E-state index >= 15 is 0 Å². The molecule has 0 bridgehead atoms. The van der Waals surface area contributed by atoms with Crippen molar-refractivity contribution >= 4 is 28.9 Å². The molecule has 1 heterocycles. The van der Waals surface area contributed by atoms with E-state index in [9.17, 15) is 39.9 Å². The van der Waals surface area contributed by atoms with Crippen LogP contribution in [-0.4, -0.2) is 118 Å². The van der Waals surface area contributed by atoms with Gasteiger partial charge in [-0.2, -0.15) is 0 Å². The van der Waals surface area contributed by atoms with Gasteiger partial charge in [0.25, 0.3) is 5.91 Å². The van der Waals surface area contributed by atoms with Crippen LogP contribution in [0, 0.1) is 11.8 Å². The number of anilines is 1. The Hall–Kier alpha value is -3.45. The molecule has 222 valence electrons. The van der Waals surface area contributed by atoms with Gasteiger partial charge in [-0.15, -0.1) is 0 Å². The van der Waals surface area contributed by atoms with Crippen molar-refractivity contribution in [2.75, 3.05) is 46.2 Å². The number of likely N-dealkylation sites (tertiary alicyclic amines) is 1. The number of fused-ring (bicyclic) bond motifs is 3. The number of phenols is 1. The lowest BCUT2D eigenvalue weighted by atomic mass is 9.54. The number of aliphatic hydroxyl groups is 4. The Morgan fingerprint density at radius 1 is 1.10 bits per heavy atom. The summed E-state index contributed by atoms with van der Waals surface area (Å²) in [5.74, 6) is -8.88. The number of hydrogen-bond donors (Lipinski definition) is 6. The van der Waals surface area contributed by atoms with Crippen molar-refractivity contribution in [2.45, 2.75) is 49.5 Å². The fourth-order valence-corrected chi connectivity index (χ4v) is 7.47. The van der Waals surface area contributed by atoms with Crippen molar-refractivity contribution in [3.8, 4) is 5.75 Å². The smallest absolute Gasteiger partial charge is 0.255 e. The van der Waals surface area contributed by atoms with Gasteiger partial charge in [0.05, 0.1) is 29.3 Å². The molecule has 1 aliphatic heterocycles. The molecule has 7 N–H and O–H groups in total. The van der Waals surface area contributed by atoms with Crippen LogP contribution in [0.15, 0.2) is 29.0 Å². The Kier molecular flexibility index (Phi) is 6.97. The van der Waals surface area contributed by atoms with Crippen LogP contribution in [0.2, 0.25) is 0 Å². The molecule has 12 heteroatoms. The number of carbonyl (C=O) groups is 3. The minimum absolute atomic E-state index is 0.00160. The molecule has 1 aromatic carbocycles. The van der Waals surface area contributed by atoms with Gasteiger partial charge in [-0.1, -0.05) is 13.0 Å². The van der Waals surface area contributed by atoms with Gasteiger partial charge in [-0.3, -0.25) is 19.3 Å². The van der Waals surface area contributed by atoms with E-state index in [0.717, 1.165) is 25.9 Å². The summed E-state index contributed by atoms with van der Waals surface area (Å²) in [5, 5.41) is 57.6. The highest BCUT2D eigenvalue weighted by Crippen LogP contribution is 2.57. The van der Waals surface area contributed by atoms with Gasteiger partial charge in [-0.05, 0) is 64.6 Å². The van der Waals surface area contributed by atoms with Gasteiger partial charge in [0.1, 0.15) is 22.8 Å². The van der Waals surface area contributed by atoms with Crippen LogP contribution in [0.1, 0.15) is 36.8 Å². The van der Waals surface area contributed by atoms with Crippen LogP contribution < -0.4 is 10.6 Å². The van der Waals surface area contributed by atoms with E-state index in [2.05, 4.69) is 4.90 Å². The topological polar surface area (TPSA) is 188 Å². The molecular weight excluding hydrogens is 532 g/mol. The lowest BCUT2D eigenvalue weighted by molar-refractivity contribution is -0.169. The third-order valence-electron chi connectivity index (χ3n) is 9.72. The first-order valence-electron chi connectivity index (χ1n) is 13.8. The summed E-state index contributed by atoms with van der Waals surface area (Å²) in [6.07, 6.45) is 0.122. The first-order valence-corrected chi connectivity index (χ1v) is 13.8. The predicted molar refractivity (Wildman–Crippen MR) is 149 cm³/mol. The summed E-state index contributed by atoms with van der Waals surface area (Å²) in [4.78, 5) is 45.1. The molecule has 5 rings (SSSR count). The van der Waals surface area contributed by atoms with Gasteiger partial charge < -0.3 is 41.1 Å². The average Bonchev–Trinajstić information content (AvgIpc) is 2.90. The number of hydrogen-bond acceptors (Lipinski definition) is 11. The van der Waals surface area contributed by atoms with Crippen molar-refractivity contribution in [3.05, 3.63) is 40.2 Å². The summed E-state index contributed by atoms with van der Waals surface area (Å²) in [5.41, 5.74) is 2.04. The van der Waals surface area contributed by atoms with E-state index in [-0.39, 0.29) is 17.4 Å². The quantitative estimate of drug-likeness (QED) is 0.268. The fourth-order valence-electron chi connectivity index (χ4n) is 7.47. The number of ketones is 2. The summed E-state index contributed by atoms with van der Waals surface area (Å²) < 4.78 is 0. The van der Waals surface area contributed by atoms with Crippen LogP contribution in [0.4, 0.5) is 5.69 Å². The standard InChI is InChI=1S/C29H38N4O8/c1-12-14-6-7-15(33(5)13-8-10-32(4)11-9-13)22(34)17(14)23(35)18-16(12)24(36)20-21(31(2)3)25(37)19(28(30)40)27(39)29(20,41)26(18)38/h6-7,12-13,16,20-21,24,34-36,39,41H,8-11H2,1-5H3,(H2,30,40). The number of amides is 1. The summed E-state index contributed by atoms with van der Waals surface area (Å²) in [6.45, 7) is 3.50. The van der Waals surface area contributed by atoms with Crippen LogP contribution in [0.3, 0.4) is 0 Å². The molecule has 2 fully saturated rings. The predicted octanol–water partition coefficient (Wildman–Crippen LogP) is 0.0262. The normalized spacial score (nSPS) is 32.6. The summed E-state index contributed by atoms with van der Waals surface area (Å²) in [7, 11) is 6.85. The highest BCUT2D eigenvalue weighted by atomic mass is 16.4. The van der Waals surface area contributed by atoms with E-state index in [1.165, 1.54) is 19.0 Å². The zero-order valence-electron chi connectivity index (χ0n) is 23.8. The van der Waals surface area contributed by atoms with Gasteiger partial charge in [0.2, 0.25) is 5.78 Å². The molecule has 6 atom stereocenters. The van der Waals surface area contributed by atoms with E-state index in [4.69, 9.17) is 5.73 Å². The maximum atomic E-state index is 14.1. The van der Waals surface area contributed by atoms with Crippen LogP contribution in [0.5, 0.6) is 5.75 Å². The van der Waals surface area contributed by atoms with Crippen molar-refractivity contribution in [3.63, 3.8) is 0 Å². The Morgan fingerprint density at radius 2 is 1.71 bits per heavy atom. The molecule has 41 heavy (non-hydrogen) atoms. The number of Topliss-reactive ketones (excluding diaryl/α,β-unsaturated/α-hetero) is 2. The maximum Gasteiger partial charge on any atom is 0.255 e. The largest absolute Gasteiger partial charge is 0.508 e. The zero-order valence-corrected chi connectivity index (χ0v) is 23.8. The number of rotatable bonds is 4. The lowest BCUT2D eigenvalue weighted by Crippen LogP contribution is -2.70. The first-order chi connectivity index (χ1) is 19.2. The van der Waals surface area contributed by atoms with Gasteiger partial charge in [0, 0.05) is 24.6 Å². The molecule has 12 nitrogen and oxygen atoms in total. The Labute approximate surface area is 237 Å². The summed E-state index contributed by atoms with van der Waals surface area (Å²) >= 11 is 0. The second kappa shape index (κ2) is 9.83. The minimum atomic E-state index is -2.93. The minimum Gasteiger partial charge on any atom is -0.508 e. The number of aromatic hydroxyl groups is 1. The van der Waals surface area contributed by atoms with E-state index in [1.54, 1.807) is 19.1 Å². The molecule has 3 aliphatic carbocycles. The van der Waals surface area contributed by atoms with Gasteiger partial charge in [0.15, 0.2) is 11.4 Å². The van der Waals surface area contributed by atoms with Crippen molar-refractivity contribution in [1.29, 1.82) is 0 Å². The Bertz CT molecular complexity index is 1400. The number of nitrogens with zero attached hydrogens (tertiary/aromatic N) is 3. The number of phenolic OH excluding ortho intramolecular Hbond substituents is 1. The molecule has 0 aromatic heterocycles. The second-order valence-corrected chi connectivity index (χ2v) is 12.1. The summed E-state index contributed by atoms with van der Waals surface area (Å²) in [6, 6.07) is 2.24. The van der Waals surface area contributed by atoms with Crippen LogP contribution in [0.25, 0.3) is 5.76 Å². The number of likely N-dealkylation sites (N-methyl/N-ethyl adjacent to an activating group) is 1. The lowest BCUT2D eigenvalue weighted by Gasteiger charge is -2.53. The monoisotopic (exact) mass is 570 g/mol. The number of nitrogens with two attached hydrogens (primary N) is 1. The molecule has 1 aromatic rings. The number of benzene rings is 1. The molecule has 1 saturated heterocycles. The first kappa shape index (κ1) is 29.1. The van der Waals surface area contributed by atoms with E-state index in [1.807, 2.05) is 19.0 Å². The fraction of sp³-hybridized carbons (Fsp3) is 0.552. The van der Waals surface area contributed by atoms with E-state index in [0.29, 0.717) is 11.3 Å². The molecule has 0 spiro atoms. The number of piperidine rings is 1. The number of aliphatic hydroxyl groups excluding tert-OH is 3. The third-order valence-corrected chi connectivity index (χ3v) is 9.72. The molecule has 4 aliphatic rings. The van der Waals surface area contributed by atoms with E-state index < -0.39 is 75.6 Å². The molecule has 1 amide bonds. The molecule has 6 unspecified atom stereocenters. The Balaban J connectivity index is 1.69. The number of primary amides is 1. The van der Waals surface area contributed by atoms with Gasteiger partial charge in [-0.25, -0.2) is 0 Å². The van der Waals surface area contributed by atoms with Crippen molar-refractivity contribution in [1.82, 2.24) is 9.80 Å². The highest BCUT2D eigenvalue weighted by Gasteiger charge is 2.68. The zero-order chi connectivity index (χ0) is 30.3. The van der Waals surface area contributed by atoms with Gasteiger partial charge >= 0.3 is 0 Å². The molecule has 0 radical (unpaired) electrons. The average molecular weight is 571 g/mol. The van der Waals surface area contributed by atoms with Crippen LogP contribution >= 0.6 is 0 Å². The molecule has 1 saturated carbocycles. The SMILES string of the molecule is CC1c2ccc(N(C)C3CCN(C)CC3)c(O)c2C(O)=C2C(=O)C3(O)C(O)=C(C(N)=O)C(=O)C(N(C)C)C3C(O)C21. The maximum absolute atomic E-state index is 14.1. The highest BCUT2D eigenvalue weighted by molar-refractivity contribution is 6.24. The third kappa shape index (κ3) is 3.92. The second-order valence-electron chi connectivity index (χ2n) is 12.1. The Morgan fingerprint density at radius 3 is 2.27 bits per heavy atom.